The maximum Gasteiger partial charge on any atom is 0.319 e. The summed E-state index contributed by atoms with van der Waals surface area (Å²) in [5, 5.41) is 14.9. The van der Waals surface area contributed by atoms with Crippen LogP contribution >= 0.6 is 11.3 Å². The van der Waals surface area contributed by atoms with Crippen molar-refractivity contribution in [3.8, 4) is 10.4 Å². The number of carbonyl (C=O) groups is 1. The third-order valence-electron chi connectivity index (χ3n) is 4.38. The van der Waals surface area contributed by atoms with E-state index in [0.717, 1.165) is 21.3 Å². The minimum Gasteiger partial charge on any atom is -0.447 e. The Morgan fingerprint density at radius 1 is 1.18 bits per heavy atom. The molecule has 0 aliphatic carbocycles. The average molecular weight is 389 g/mol. The molecule has 0 fully saturated rings. The third-order valence-corrected chi connectivity index (χ3v) is 5.53. The highest BCUT2D eigenvalue weighted by Gasteiger charge is 2.13. The molecule has 28 heavy (non-hydrogen) atoms. The van der Waals surface area contributed by atoms with Gasteiger partial charge in [0.1, 0.15) is 6.26 Å². The fraction of sp³-hybridized carbons (Fsp3) is 0.0500. The molecule has 3 aromatic heterocycles. The lowest BCUT2D eigenvalue weighted by atomic mass is 10.1. The topological polar surface area (TPSA) is 95.8 Å². The number of oxazole rings is 1. The number of fused-ring (bicyclic) bond motifs is 2. The number of urea groups is 1. The molecule has 0 saturated carbocycles. The van der Waals surface area contributed by atoms with Gasteiger partial charge >= 0.3 is 6.03 Å². The standard InChI is InChI=1S/C20H15N5O2S/c26-20(22-11-18-21-5-6-27-18)24-14-7-13-10-23-25-19(13)15(9-14)17-8-12-3-1-2-4-16(12)28-17/h1-10H,11H2,(H,23,25)(H2,22,24,26). The normalized spacial score (nSPS) is 11.1. The number of H-pyrrole nitrogens is 1. The van der Waals surface area contributed by atoms with E-state index in [2.05, 4.69) is 44.0 Å². The summed E-state index contributed by atoms with van der Waals surface area (Å²) in [4.78, 5) is 17.4. The van der Waals surface area contributed by atoms with Crippen LogP contribution in [-0.2, 0) is 6.54 Å². The number of carbonyl (C=O) groups excluding carboxylic acids is 1. The summed E-state index contributed by atoms with van der Waals surface area (Å²) in [5.41, 5.74) is 2.63. The molecule has 138 valence electrons. The quantitative estimate of drug-likeness (QED) is 0.413. The lowest BCUT2D eigenvalue weighted by Crippen LogP contribution is -2.28. The summed E-state index contributed by atoms with van der Waals surface area (Å²) in [6.45, 7) is 0.218. The van der Waals surface area contributed by atoms with Crippen LogP contribution in [0.3, 0.4) is 0 Å². The first-order chi connectivity index (χ1) is 13.8. The molecule has 3 N–H and O–H groups in total. The van der Waals surface area contributed by atoms with Crippen molar-refractivity contribution in [3.63, 3.8) is 0 Å². The van der Waals surface area contributed by atoms with E-state index < -0.39 is 0 Å². The molecule has 2 amide bonds. The Bertz CT molecular complexity index is 1240. The van der Waals surface area contributed by atoms with Gasteiger partial charge in [-0.15, -0.1) is 11.3 Å². The highest BCUT2D eigenvalue weighted by atomic mass is 32.1. The molecule has 7 nitrogen and oxygen atoms in total. The largest absolute Gasteiger partial charge is 0.447 e. The molecule has 0 atom stereocenters. The zero-order valence-corrected chi connectivity index (χ0v) is 15.4. The van der Waals surface area contributed by atoms with Gasteiger partial charge in [0, 0.05) is 26.2 Å². The van der Waals surface area contributed by atoms with Crippen LogP contribution in [0.2, 0.25) is 0 Å². The average Bonchev–Trinajstić information content (AvgIpc) is 3.45. The minimum atomic E-state index is -0.330. The molecule has 5 rings (SSSR count). The number of thiophene rings is 1. The van der Waals surface area contributed by atoms with Crippen molar-refractivity contribution in [2.75, 3.05) is 5.32 Å². The Labute approximate surface area is 163 Å². The molecule has 3 heterocycles. The van der Waals surface area contributed by atoms with E-state index in [0.29, 0.717) is 11.6 Å². The molecule has 5 aromatic rings. The monoisotopic (exact) mass is 389 g/mol. The van der Waals surface area contributed by atoms with Crippen molar-refractivity contribution < 1.29 is 9.21 Å². The number of aromatic nitrogens is 3. The molecule has 0 aliphatic rings. The summed E-state index contributed by atoms with van der Waals surface area (Å²) in [7, 11) is 0. The smallest absolute Gasteiger partial charge is 0.319 e. The summed E-state index contributed by atoms with van der Waals surface area (Å²) < 4.78 is 6.34. The lowest BCUT2D eigenvalue weighted by Gasteiger charge is -2.09. The number of hydrogen-bond acceptors (Lipinski definition) is 5. The second kappa shape index (κ2) is 6.82. The fourth-order valence-corrected chi connectivity index (χ4v) is 4.20. The van der Waals surface area contributed by atoms with E-state index in [-0.39, 0.29) is 12.6 Å². The van der Waals surface area contributed by atoms with Crippen molar-refractivity contribution in [2.45, 2.75) is 6.54 Å². The summed E-state index contributed by atoms with van der Waals surface area (Å²) in [6.07, 6.45) is 4.76. The second-order valence-electron chi connectivity index (χ2n) is 6.24. The van der Waals surface area contributed by atoms with E-state index in [4.69, 9.17) is 4.42 Å². The first-order valence-corrected chi connectivity index (χ1v) is 9.47. The predicted octanol–water partition coefficient (Wildman–Crippen LogP) is 4.75. The maximum absolute atomic E-state index is 12.3. The second-order valence-corrected chi connectivity index (χ2v) is 7.32. The number of hydrogen-bond donors (Lipinski definition) is 3. The number of nitrogens with zero attached hydrogens (tertiary/aromatic N) is 2. The van der Waals surface area contributed by atoms with Gasteiger partial charge in [-0.2, -0.15) is 5.10 Å². The van der Waals surface area contributed by atoms with Crippen LogP contribution in [-0.4, -0.2) is 21.2 Å². The minimum absolute atomic E-state index is 0.218. The van der Waals surface area contributed by atoms with Crippen molar-refractivity contribution in [2.24, 2.45) is 0 Å². The van der Waals surface area contributed by atoms with Crippen LogP contribution in [0.4, 0.5) is 10.5 Å². The van der Waals surface area contributed by atoms with Gasteiger partial charge in [-0.25, -0.2) is 9.78 Å². The number of amides is 2. The predicted molar refractivity (Wildman–Crippen MR) is 109 cm³/mol. The summed E-state index contributed by atoms with van der Waals surface area (Å²) in [5.74, 6) is 0.450. The van der Waals surface area contributed by atoms with Gasteiger partial charge in [0.05, 0.1) is 24.5 Å². The SMILES string of the molecule is O=C(NCc1ncco1)Nc1cc(-c2cc3ccccc3s2)c2[nH]ncc2c1. The van der Waals surface area contributed by atoms with Crippen molar-refractivity contribution >= 4 is 44.0 Å². The molecule has 8 heteroatoms. The highest BCUT2D eigenvalue weighted by molar-refractivity contribution is 7.22. The van der Waals surface area contributed by atoms with Crippen LogP contribution < -0.4 is 10.6 Å². The fourth-order valence-electron chi connectivity index (χ4n) is 3.11. The van der Waals surface area contributed by atoms with Crippen molar-refractivity contribution in [3.05, 3.63) is 67.0 Å². The number of aromatic amines is 1. The molecular weight excluding hydrogens is 374 g/mol. The van der Waals surface area contributed by atoms with Gasteiger partial charge in [-0.05, 0) is 29.7 Å². The third kappa shape index (κ3) is 3.10. The van der Waals surface area contributed by atoms with E-state index in [9.17, 15) is 4.79 Å². The number of benzene rings is 2. The molecule has 0 aliphatic heterocycles. The number of anilines is 1. The molecule has 0 radical (unpaired) electrons. The summed E-state index contributed by atoms with van der Waals surface area (Å²) in [6, 6.07) is 13.9. The highest BCUT2D eigenvalue weighted by Crippen LogP contribution is 2.38. The lowest BCUT2D eigenvalue weighted by molar-refractivity contribution is 0.250. The molecule has 0 unspecified atom stereocenters. The number of rotatable bonds is 4. The van der Waals surface area contributed by atoms with Crippen LogP contribution in [0.25, 0.3) is 31.4 Å². The van der Waals surface area contributed by atoms with Gasteiger partial charge in [0.25, 0.3) is 0 Å². The van der Waals surface area contributed by atoms with Gasteiger partial charge in [0.2, 0.25) is 5.89 Å². The zero-order valence-electron chi connectivity index (χ0n) is 14.6. The molecule has 0 saturated heterocycles. The number of nitrogens with one attached hydrogen (secondary N) is 3. The van der Waals surface area contributed by atoms with Crippen LogP contribution in [0, 0.1) is 0 Å². The van der Waals surface area contributed by atoms with E-state index in [1.54, 1.807) is 23.7 Å². The Hall–Kier alpha value is -3.65. The van der Waals surface area contributed by atoms with Gasteiger partial charge in [-0.3, -0.25) is 5.10 Å². The molecule has 2 aromatic carbocycles. The Balaban J connectivity index is 1.46. The van der Waals surface area contributed by atoms with Crippen molar-refractivity contribution in [1.29, 1.82) is 0 Å². The maximum atomic E-state index is 12.3. The van der Waals surface area contributed by atoms with Crippen molar-refractivity contribution in [1.82, 2.24) is 20.5 Å². The zero-order chi connectivity index (χ0) is 18.9. The van der Waals surface area contributed by atoms with Crippen LogP contribution in [0.1, 0.15) is 5.89 Å². The Morgan fingerprint density at radius 3 is 2.96 bits per heavy atom. The molecule has 0 bridgehead atoms. The van der Waals surface area contributed by atoms with E-state index in [1.165, 1.54) is 16.3 Å². The van der Waals surface area contributed by atoms with E-state index >= 15 is 0 Å². The Kier molecular flexibility index (Phi) is 4.02. The first-order valence-electron chi connectivity index (χ1n) is 8.65. The van der Waals surface area contributed by atoms with E-state index in [1.807, 2.05) is 24.3 Å². The van der Waals surface area contributed by atoms with Crippen LogP contribution in [0.15, 0.2) is 65.5 Å². The van der Waals surface area contributed by atoms with Gasteiger partial charge < -0.3 is 15.1 Å². The molecular formula is C20H15N5O2S. The Morgan fingerprint density at radius 2 is 2.11 bits per heavy atom. The van der Waals surface area contributed by atoms with Gasteiger partial charge in [-0.1, -0.05) is 18.2 Å². The first kappa shape index (κ1) is 16.5. The van der Waals surface area contributed by atoms with Crippen LogP contribution in [0.5, 0.6) is 0 Å². The molecule has 0 spiro atoms. The van der Waals surface area contributed by atoms with Gasteiger partial charge in [0.15, 0.2) is 0 Å². The summed E-state index contributed by atoms with van der Waals surface area (Å²) >= 11 is 1.71.